The molecule has 5 rings (SSSR count). The first-order valence-electron chi connectivity index (χ1n) is 11.5. The summed E-state index contributed by atoms with van der Waals surface area (Å²) in [5.41, 5.74) is 5.50. The van der Waals surface area contributed by atoms with E-state index in [0.717, 1.165) is 22.1 Å². The van der Waals surface area contributed by atoms with Crippen molar-refractivity contribution in [3.8, 4) is 22.4 Å². The van der Waals surface area contributed by atoms with Crippen molar-refractivity contribution in [1.82, 2.24) is 9.55 Å². The summed E-state index contributed by atoms with van der Waals surface area (Å²) in [6.45, 7) is 2.53. The molecule has 0 saturated heterocycles. The molecule has 2 aromatic heterocycles. The minimum atomic E-state index is -0.372. The van der Waals surface area contributed by atoms with Crippen LogP contribution >= 0.6 is 0 Å². The summed E-state index contributed by atoms with van der Waals surface area (Å²) in [4.78, 5) is 29.2. The van der Waals surface area contributed by atoms with Crippen LogP contribution in [0.4, 0.5) is 5.69 Å². The van der Waals surface area contributed by atoms with E-state index in [0.29, 0.717) is 47.6 Å². The Morgan fingerprint density at radius 2 is 1.74 bits per heavy atom. The zero-order chi connectivity index (χ0) is 24.4. The van der Waals surface area contributed by atoms with E-state index in [4.69, 9.17) is 9.15 Å². The number of methoxy groups -OCH3 is 1. The molecule has 0 aliphatic rings. The number of nitrogens with zero attached hydrogens (tertiary/aromatic N) is 2. The number of aromatic nitrogens is 2. The Bertz CT molecular complexity index is 1570. The standard InChI is InChI=1S/C28H25N3O4/c1-3-24(32)29-21-12-9-19(10-13-21)25-27-26(31(15-16-34-2)28(33)30-25)22-14-11-20(17-23(22)35-27)18-7-5-4-6-8-18/h4-14,17H,3,15-16H2,1-2H3,(H,29,32). The highest BCUT2D eigenvalue weighted by Crippen LogP contribution is 2.36. The van der Waals surface area contributed by atoms with Crippen molar-refractivity contribution < 1.29 is 13.9 Å². The normalized spacial score (nSPS) is 11.3. The van der Waals surface area contributed by atoms with Crippen LogP contribution in [-0.2, 0) is 16.1 Å². The lowest BCUT2D eigenvalue weighted by Gasteiger charge is -2.10. The maximum atomic E-state index is 13.1. The molecule has 0 atom stereocenters. The van der Waals surface area contributed by atoms with Gasteiger partial charge < -0.3 is 14.5 Å². The smallest absolute Gasteiger partial charge is 0.348 e. The summed E-state index contributed by atoms with van der Waals surface area (Å²) >= 11 is 0. The Kier molecular flexibility index (Phi) is 6.16. The van der Waals surface area contributed by atoms with E-state index < -0.39 is 0 Å². The molecule has 35 heavy (non-hydrogen) atoms. The van der Waals surface area contributed by atoms with Crippen LogP contribution in [0.5, 0.6) is 0 Å². The number of nitrogens with one attached hydrogen (secondary N) is 1. The van der Waals surface area contributed by atoms with Crippen molar-refractivity contribution in [3.63, 3.8) is 0 Å². The third kappa shape index (κ3) is 4.34. The molecule has 2 heterocycles. The second-order valence-corrected chi connectivity index (χ2v) is 8.22. The number of rotatable bonds is 7. The highest BCUT2D eigenvalue weighted by Gasteiger charge is 2.20. The third-order valence-electron chi connectivity index (χ3n) is 5.98. The molecule has 0 radical (unpaired) electrons. The van der Waals surface area contributed by atoms with Crippen molar-refractivity contribution >= 4 is 33.7 Å². The molecular weight excluding hydrogens is 442 g/mol. The van der Waals surface area contributed by atoms with E-state index in [1.807, 2.05) is 60.7 Å². The van der Waals surface area contributed by atoms with E-state index in [9.17, 15) is 9.59 Å². The molecule has 5 aromatic rings. The molecule has 0 spiro atoms. The second kappa shape index (κ2) is 9.56. The number of amides is 1. The number of carbonyl (C=O) groups is 1. The quantitative estimate of drug-likeness (QED) is 0.343. The monoisotopic (exact) mass is 467 g/mol. The molecule has 0 fully saturated rings. The molecule has 3 aromatic carbocycles. The first-order valence-corrected chi connectivity index (χ1v) is 11.5. The van der Waals surface area contributed by atoms with Crippen molar-refractivity contribution in [1.29, 1.82) is 0 Å². The Morgan fingerprint density at radius 1 is 1.00 bits per heavy atom. The van der Waals surface area contributed by atoms with Gasteiger partial charge in [0.05, 0.1) is 13.2 Å². The van der Waals surface area contributed by atoms with Gasteiger partial charge in [-0.1, -0.05) is 55.5 Å². The number of benzene rings is 3. The first kappa shape index (κ1) is 22.6. The van der Waals surface area contributed by atoms with Gasteiger partial charge in [-0.3, -0.25) is 9.36 Å². The van der Waals surface area contributed by atoms with E-state index in [2.05, 4.69) is 10.3 Å². The minimum Gasteiger partial charge on any atom is -0.452 e. The number of ether oxygens (including phenoxy) is 1. The first-order chi connectivity index (χ1) is 17.1. The van der Waals surface area contributed by atoms with Gasteiger partial charge in [-0.15, -0.1) is 0 Å². The Hall–Kier alpha value is -4.23. The SMILES string of the molecule is CCC(=O)Nc1ccc(-c2nc(=O)n(CCOC)c3c2oc2cc(-c4ccccc4)ccc23)cc1. The van der Waals surface area contributed by atoms with E-state index in [1.165, 1.54) is 0 Å². The van der Waals surface area contributed by atoms with Gasteiger partial charge in [0.1, 0.15) is 16.8 Å². The van der Waals surface area contributed by atoms with Crippen LogP contribution in [0, 0.1) is 0 Å². The summed E-state index contributed by atoms with van der Waals surface area (Å²) in [6, 6.07) is 23.3. The van der Waals surface area contributed by atoms with Crippen molar-refractivity contribution in [2.75, 3.05) is 19.0 Å². The van der Waals surface area contributed by atoms with Gasteiger partial charge in [0.15, 0.2) is 5.58 Å². The molecule has 0 unspecified atom stereocenters. The van der Waals surface area contributed by atoms with Crippen molar-refractivity contribution in [2.24, 2.45) is 0 Å². The van der Waals surface area contributed by atoms with Gasteiger partial charge >= 0.3 is 5.69 Å². The lowest BCUT2D eigenvalue weighted by Crippen LogP contribution is -2.25. The van der Waals surface area contributed by atoms with Gasteiger partial charge in [0.25, 0.3) is 0 Å². The zero-order valence-electron chi connectivity index (χ0n) is 19.6. The molecule has 7 nitrogen and oxygen atoms in total. The van der Waals surface area contributed by atoms with Crippen molar-refractivity contribution in [2.45, 2.75) is 19.9 Å². The number of carbonyl (C=O) groups excluding carboxylic acids is 1. The van der Waals surface area contributed by atoms with Crippen LogP contribution in [0.15, 0.2) is 82.0 Å². The fraction of sp³-hybridized carbons (Fsp3) is 0.179. The number of fused-ring (bicyclic) bond motifs is 3. The van der Waals surface area contributed by atoms with Gasteiger partial charge in [-0.2, -0.15) is 4.98 Å². The summed E-state index contributed by atoms with van der Waals surface area (Å²) in [5, 5.41) is 3.67. The Morgan fingerprint density at radius 3 is 2.46 bits per heavy atom. The molecular formula is C28H25N3O4. The maximum Gasteiger partial charge on any atom is 0.348 e. The van der Waals surface area contributed by atoms with Crippen LogP contribution in [0.3, 0.4) is 0 Å². The second-order valence-electron chi connectivity index (χ2n) is 8.22. The largest absolute Gasteiger partial charge is 0.452 e. The minimum absolute atomic E-state index is 0.0643. The van der Waals surface area contributed by atoms with Gasteiger partial charge in [-0.25, -0.2) is 4.79 Å². The topological polar surface area (TPSA) is 86.4 Å². The van der Waals surface area contributed by atoms with Crippen molar-refractivity contribution in [3.05, 3.63) is 83.3 Å². The average Bonchev–Trinajstić information content (AvgIpc) is 3.27. The van der Waals surface area contributed by atoms with Crippen LogP contribution in [-0.4, -0.2) is 29.2 Å². The number of hydrogen-bond acceptors (Lipinski definition) is 5. The van der Waals surface area contributed by atoms with Gasteiger partial charge in [0.2, 0.25) is 5.91 Å². The molecule has 7 heteroatoms. The van der Waals surface area contributed by atoms with Gasteiger partial charge in [-0.05, 0) is 35.4 Å². The molecule has 0 aliphatic carbocycles. The highest BCUT2D eigenvalue weighted by atomic mass is 16.5. The lowest BCUT2D eigenvalue weighted by atomic mass is 10.0. The number of anilines is 1. The lowest BCUT2D eigenvalue weighted by molar-refractivity contribution is -0.115. The Balaban J connectivity index is 1.69. The summed E-state index contributed by atoms with van der Waals surface area (Å²) < 4.78 is 13.2. The van der Waals surface area contributed by atoms with E-state index in [-0.39, 0.29) is 11.6 Å². The predicted octanol–water partition coefficient (Wildman–Crippen LogP) is 5.47. The molecule has 1 N–H and O–H groups in total. The summed E-state index contributed by atoms with van der Waals surface area (Å²) in [5.74, 6) is -0.0643. The Labute approximate surface area is 202 Å². The fourth-order valence-electron chi connectivity index (χ4n) is 4.17. The average molecular weight is 468 g/mol. The number of furan rings is 1. The van der Waals surface area contributed by atoms with Crippen LogP contribution < -0.4 is 11.0 Å². The maximum absolute atomic E-state index is 13.1. The van der Waals surface area contributed by atoms with E-state index >= 15 is 0 Å². The summed E-state index contributed by atoms with van der Waals surface area (Å²) in [6.07, 6.45) is 0.396. The molecule has 176 valence electrons. The summed E-state index contributed by atoms with van der Waals surface area (Å²) in [7, 11) is 1.60. The van der Waals surface area contributed by atoms with E-state index in [1.54, 1.807) is 30.7 Å². The van der Waals surface area contributed by atoms with Crippen LogP contribution in [0.2, 0.25) is 0 Å². The van der Waals surface area contributed by atoms with Crippen LogP contribution in [0.1, 0.15) is 13.3 Å². The van der Waals surface area contributed by atoms with Gasteiger partial charge in [0, 0.05) is 30.2 Å². The molecule has 0 bridgehead atoms. The third-order valence-corrected chi connectivity index (χ3v) is 5.98. The molecule has 0 saturated carbocycles. The highest BCUT2D eigenvalue weighted by molar-refractivity contribution is 6.07. The predicted molar refractivity (Wildman–Crippen MR) is 137 cm³/mol. The molecule has 0 aliphatic heterocycles. The number of hydrogen-bond donors (Lipinski definition) is 1. The molecule has 1 amide bonds. The fourth-order valence-corrected chi connectivity index (χ4v) is 4.17. The van der Waals surface area contributed by atoms with Crippen LogP contribution in [0.25, 0.3) is 44.5 Å². The zero-order valence-corrected chi connectivity index (χ0v) is 19.6.